The summed E-state index contributed by atoms with van der Waals surface area (Å²) < 4.78 is 18.2. The Balaban J connectivity index is 1.53. The largest absolute Gasteiger partial charge is 0.494 e. The summed E-state index contributed by atoms with van der Waals surface area (Å²) in [6, 6.07) is 6.05. The molecule has 1 aliphatic heterocycles. The number of carbonyl (C=O) groups excluding carboxylic acids is 1. The fourth-order valence-corrected chi connectivity index (χ4v) is 2.63. The smallest absolute Gasteiger partial charge is 0.317 e. The number of nitrogens with zero attached hydrogens (tertiary/aromatic N) is 1. The maximum Gasteiger partial charge on any atom is 0.317 e. The van der Waals surface area contributed by atoms with E-state index in [-0.39, 0.29) is 11.8 Å². The average Bonchev–Trinajstić information content (AvgIpc) is 2.52. The number of carbonyl (C=O) groups is 1. The average molecular weight is 308 g/mol. The van der Waals surface area contributed by atoms with E-state index in [9.17, 15) is 9.18 Å². The minimum absolute atomic E-state index is 0.0472. The molecule has 1 heterocycles. The van der Waals surface area contributed by atoms with Gasteiger partial charge in [0, 0.05) is 19.6 Å². The number of hydrogen-bond donors (Lipinski definition) is 1. The summed E-state index contributed by atoms with van der Waals surface area (Å²) in [7, 11) is 0. The molecule has 122 valence electrons. The van der Waals surface area contributed by atoms with Gasteiger partial charge in [-0.25, -0.2) is 9.18 Å². The number of amides is 2. The van der Waals surface area contributed by atoms with Gasteiger partial charge >= 0.3 is 6.03 Å². The Morgan fingerprint density at radius 1 is 1.36 bits per heavy atom. The van der Waals surface area contributed by atoms with Crippen molar-refractivity contribution in [3.05, 3.63) is 30.1 Å². The van der Waals surface area contributed by atoms with Crippen molar-refractivity contribution in [3.63, 3.8) is 0 Å². The van der Waals surface area contributed by atoms with E-state index in [0.717, 1.165) is 32.4 Å². The minimum Gasteiger partial charge on any atom is -0.494 e. The molecule has 1 saturated heterocycles. The molecule has 0 aromatic heterocycles. The molecule has 1 aliphatic rings. The molecule has 4 nitrogen and oxygen atoms in total. The Hall–Kier alpha value is -1.78. The molecule has 22 heavy (non-hydrogen) atoms. The second kappa shape index (κ2) is 8.61. The molecule has 0 spiro atoms. The maximum atomic E-state index is 12.7. The third-order valence-electron chi connectivity index (χ3n) is 3.87. The van der Waals surface area contributed by atoms with E-state index in [0.29, 0.717) is 24.8 Å². The lowest BCUT2D eigenvalue weighted by Crippen LogP contribution is -2.45. The van der Waals surface area contributed by atoms with Crippen molar-refractivity contribution in [1.82, 2.24) is 10.2 Å². The zero-order chi connectivity index (χ0) is 15.8. The molecule has 1 unspecified atom stereocenters. The van der Waals surface area contributed by atoms with E-state index >= 15 is 0 Å². The summed E-state index contributed by atoms with van der Waals surface area (Å²) in [6.07, 6.45) is 4.04. The zero-order valence-electron chi connectivity index (χ0n) is 13.2. The first-order valence-electron chi connectivity index (χ1n) is 8.06. The Labute approximate surface area is 131 Å². The summed E-state index contributed by atoms with van der Waals surface area (Å²) in [5.74, 6) is 1.01. The summed E-state index contributed by atoms with van der Waals surface area (Å²) in [6.45, 7) is 5.15. The van der Waals surface area contributed by atoms with Crippen LogP contribution in [-0.4, -0.2) is 37.2 Å². The maximum absolute atomic E-state index is 12.7. The Morgan fingerprint density at radius 2 is 2.14 bits per heavy atom. The number of rotatable bonds is 6. The van der Waals surface area contributed by atoms with Crippen LogP contribution in [0.2, 0.25) is 0 Å². The van der Waals surface area contributed by atoms with E-state index in [1.807, 2.05) is 4.90 Å². The predicted octanol–water partition coefficient (Wildman–Crippen LogP) is 3.43. The highest BCUT2D eigenvalue weighted by atomic mass is 19.1. The van der Waals surface area contributed by atoms with Crippen molar-refractivity contribution in [2.45, 2.75) is 32.6 Å². The van der Waals surface area contributed by atoms with Gasteiger partial charge in [0.15, 0.2) is 0 Å². The summed E-state index contributed by atoms with van der Waals surface area (Å²) in [4.78, 5) is 13.9. The van der Waals surface area contributed by atoms with E-state index < -0.39 is 0 Å². The van der Waals surface area contributed by atoms with Crippen LogP contribution in [-0.2, 0) is 0 Å². The fraction of sp³-hybridized carbons (Fsp3) is 0.588. The van der Waals surface area contributed by atoms with Crippen LogP contribution in [0.3, 0.4) is 0 Å². The van der Waals surface area contributed by atoms with Gasteiger partial charge in [0.2, 0.25) is 0 Å². The van der Waals surface area contributed by atoms with E-state index in [4.69, 9.17) is 4.74 Å². The van der Waals surface area contributed by atoms with Gasteiger partial charge in [0.05, 0.1) is 6.61 Å². The SMILES string of the molecule is CC1CCCN(C(=O)NCCCCOc2ccc(F)cc2)C1. The molecule has 1 N–H and O–H groups in total. The van der Waals surface area contributed by atoms with Crippen molar-refractivity contribution in [2.75, 3.05) is 26.2 Å². The number of halogens is 1. The highest BCUT2D eigenvalue weighted by Crippen LogP contribution is 2.15. The first kappa shape index (κ1) is 16.6. The number of urea groups is 1. The van der Waals surface area contributed by atoms with Gasteiger partial charge in [0.25, 0.3) is 0 Å². The summed E-state index contributed by atoms with van der Waals surface area (Å²) >= 11 is 0. The molecule has 2 rings (SSSR count). The van der Waals surface area contributed by atoms with Crippen LogP contribution in [0.4, 0.5) is 9.18 Å². The molecular formula is C17H25FN2O2. The van der Waals surface area contributed by atoms with E-state index in [1.165, 1.54) is 18.6 Å². The lowest BCUT2D eigenvalue weighted by atomic mass is 10.0. The Kier molecular flexibility index (Phi) is 6.49. The molecule has 0 bridgehead atoms. The Bertz CT molecular complexity index is 464. The predicted molar refractivity (Wildman–Crippen MR) is 84.5 cm³/mol. The number of benzene rings is 1. The van der Waals surface area contributed by atoms with Gasteiger partial charge in [-0.15, -0.1) is 0 Å². The van der Waals surface area contributed by atoms with Crippen molar-refractivity contribution in [2.24, 2.45) is 5.92 Å². The van der Waals surface area contributed by atoms with Gasteiger partial charge in [-0.05, 0) is 55.9 Å². The number of piperidine rings is 1. The third-order valence-corrected chi connectivity index (χ3v) is 3.87. The highest BCUT2D eigenvalue weighted by molar-refractivity contribution is 5.74. The molecule has 5 heteroatoms. The van der Waals surface area contributed by atoms with Crippen LogP contribution >= 0.6 is 0 Å². The zero-order valence-corrected chi connectivity index (χ0v) is 13.2. The summed E-state index contributed by atoms with van der Waals surface area (Å²) in [5, 5.41) is 2.96. The number of likely N-dealkylation sites (tertiary alicyclic amines) is 1. The van der Waals surface area contributed by atoms with E-state index in [1.54, 1.807) is 12.1 Å². The van der Waals surface area contributed by atoms with Crippen molar-refractivity contribution in [3.8, 4) is 5.75 Å². The molecule has 1 atom stereocenters. The van der Waals surface area contributed by atoms with Crippen LogP contribution in [0.15, 0.2) is 24.3 Å². The quantitative estimate of drug-likeness (QED) is 0.818. The van der Waals surface area contributed by atoms with Gasteiger partial charge in [0.1, 0.15) is 11.6 Å². The molecule has 0 saturated carbocycles. The van der Waals surface area contributed by atoms with Crippen LogP contribution in [0, 0.1) is 11.7 Å². The van der Waals surface area contributed by atoms with E-state index in [2.05, 4.69) is 12.2 Å². The monoisotopic (exact) mass is 308 g/mol. The molecular weight excluding hydrogens is 283 g/mol. The standard InChI is InChI=1S/C17H25FN2O2/c1-14-5-4-11-20(13-14)17(21)19-10-2-3-12-22-16-8-6-15(18)7-9-16/h6-9,14H,2-5,10-13H2,1H3,(H,19,21). The molecule has 0 aliphatic carbocycles. The first-order chi connectivity index (χ1) is 10.6. The molecule has 1 aromatic rings. The molecule has 2 amide bonds. The number of ether oxygens (including phenoxy) is 1. The van der Waals surface area contributed by atoms with Crippen LogP contribution in [0.1, 0.15) is 32.6 Å². The number of nitrogens with one attached hydrogen (secondary N) is 1. The van der Waals surface area contributed by atoms with Crippen LogP contribution < -0.4 is 10.1 Å². The van der Waals surface area contributed by atoms with Crippen molar-refractivity contribution >= 4 is 6.03 Å². The third kappa shape index (κ3) is 5.54. The van der Waals surface area contributed by atoms with Gasteiger partial charge in [-0.2, -0.15) is 0 Å². The van der Waals surface area contributed by atoms with Gasteiger partial charge in [-0.3, -0.25) is 0 Å². The second-order valence-electron chi connectivity index (χ2n) is 5.93. The van der Waals surface area contributed by atoms with Crippen molar-refractivity contribution in [1.29, 1.82) is 0 Å². The normalized spacial score (nSPS) is 18.1. The molecule has 1 aromatic carbocycles. The number of unbranched alkanes of at least 4 members (excludes halogenated alkanes) is 1. The van der Waals surface area contributed by atoms with Crippen LogP contribution in [0.25, 0.3) is 0 Å². The first-order valence-corrected chi connectivity index (χ1v) is 8.06. The lowest BCUT2D eigenvalue weighted by Gasteiger charge is -2.30. The molecule has 1 fully saturated rings. The Morgan fingerprint density at radius 3 is 2.86 bits per heavy atom. The molecule has 0 radical (unpaired) electrons. The lowest BCUT2D eigenvalue weighted by molar-refractivity contribution is 0.169. The second-order valence-corrected chi connectivity index (χ2v) is 5.93. The van der Waals surface area contributed by atoms with Crippen LogP contribution in [0.5, 0.6) is 5.75 Å². The topological polar surface area (TPSA) is 41.6 Å². The minimum atomic E-state index is -0.262. The fourth-order valence-electron chi connectivity index (χ4n) is 2.63. The number of hydrogen-bond acceptors (Lipinski definition) is 2. The van der Waals surface area contributed by atoms with Gasteiger partial charge in [-0.1, -0.05) is 6.92 Å². The summed E-state index contributed by atoms with van der Waals surface area (Å²) in [5.41, 5.74) is 0. The highest BCUT2D eigenvalue weighted by Gasteiger charge is 2.20. The van der Waals surface area contributed by atoms with Gasteiger partial charge < -0.3 is 15.0 Å². The van der Waals surface area contributed by atoms with Crippen molar-refractivity contribution < 1.29 is 13.9 Å².